The number of hydrogen-bond acceptors (Lipinski definition) is 16. The van der Waals surface area contributed by atoms with Crippen molar-refractivity contribution in [1.29, 1.82) is 0 Å². The highest BCUT2D eigenvalue weighted by atomic mass is 16.2. The molecule has 28 heteroatoms. The summed E-state index contributed by atoms with van der Waals surface area (Å²) in [6.07, 6.45) is 14.4. The molecule has 0 atom stereocenters. The van der Waals surface area contributed by atoms with E-state index in [1.807, 2.05) is 206 Å². The Hall–Kier alpha value is -13.3. The topological polar surface area (TPSA) is 288 Å². The molecule has 3 N–H and O–H groups in total. The summed E-state index contributed by atoms with van der Waals surface area (Å²) in [6.45, 7) is 12.9. The van der Waals surface area contributed by atoms with Gasteiger partial charge >= 0.3 is 17.1 Å². The Kier molecular flexibility index (Phi) is 19.7. The molecule has 544 valence electrons. The van der Waals surface area contributed by atoms with Crippen molar-refractivity contribution in [1.82, 2.24) is 90.6 Å². The van der Waals surface area contributed by atoms with Crippen LogP contribution in [0.25, 0.3) is 55.9 Å². The maximum atomic E-state index is 13.4. The van der Waals surface area contributed by atoms with E-state index in [-0.39, 0.29) is 45.1 Å². The molecule has 1 fully saturated rings. The van der Waals surface area contributed by atoms with Crippen molar-refractivity contribution in [2.24, 2.45) is 45.4 Å². The third-order valence-electron chi connectivity index (χ3n) is 18.5. The van der Waals surface area contributed by atoms with Crippen LogP contribution in [-0.2, 0) is 67.5 Å². The summed E-state index contributed by atoms with van der Waals surface area (Å²) in [4.78, 5) is 91.6. The van der Waals surface area contributed by atoms with Crippen LogP contribution < -0.4 is 49.7 Å². The van der Waals surface area contributed by atoms with Crippen molar-refractivity contribution in [3.8, 4) is 22.8 Å². The molecule has 0 unspecified atom stereocenters. The molecule has 0 aliphatic heterocycles. The minimum Gasteiger partial charge on any atom is -0.340 e. The van der Waals surface area contributed by atoms with E-state index >= 15 is 0 Å². The van der Waals surface area contributed by atoms with Crippen molar-refractivity contribution in [2.75, 3.05) is 16.0 Å². The summed E-state index contributed by atoms with van der Waals surface area (Å²) in [6, 6.07) is 53.0. The fraction of sp³-hybridized carbons (Fsp3) is 0.253. The molecule has 0 bridgehead atoms. The second-order valence-electron chi connectivity index (χ2n) is 28.4. The average molecular weight is 1440 g/mol. The number of aromatic nitrogens is 19. The lowest BCUT2D eigenvalue weighted by Gasteiger charge is -2.20. The van der Waals surface area contributed by atoms with Gasteiger partial charge in [0.2, 0.25) is 0 Å². The van der Waals surface area contributed by atoms with Crippen LogP contribution in [0, 0.1) is 17.3 Å². The molecule has 1 aliphatic rings. The van der Waals surface area contributed by atoms with Crippen LogP contribution in [0.5, 0.6) is 0 Å². The molecule has 0 amide bonds. The van der Waals surface area contributed by atoms with Crippen molar-refractivity contribution in [3.05, 3.63) is 287 Å². The molecule has 0 saturated heterocycles. The lowest BCUT2D eigenvalue weighted by atomic mass is 9.97. The van der Waals surface area contributed by atoms with E-state index in [9.17, 15) is 28.8 Å². The molecule has 15 aromatic rings. The Bertz CT molecular complexity index is 5810. The summed E-state index contributed by atoms with van der Waals surface area (Å²) in [5, 5.41) is 29.9. The van der Waals surface area contributed by atoms with E-state index in [0.717, 1.165) is 78.5 Å². The molecule has 9 aromatic heterocycles. The van der Waals surface area contributed by atoms with Crippen LogP contribution in [-0.4, -0.2) is 90.6 Å². The van der Waals surface area contributed by atoms with Crippen LogP contribution in [0.1, 0.15) is 64.2 Å². The minimum atomic E-state index is -0.375. The van der Waals surface area contributed by atoms with Gasteiger partial charge in [-0.25, -0.2) is 48.1 Å². The number of rotatable bonds is 20. The zero-order valence-electron chi connectivity index (χ0n) is 60.9. The predicted molar refractivity (Wildman–Crippen MR) is 415 cm³/mol. The van der Waals surface area contributed by atoms with Gasteiger partial charge in [-0.1, -0.05) is 138 Å². The number of fused-ring (bicyclic) bond motifs is 3. The van der Waals surface area contributed by atoms with Crippen molar-refractivity contribution in [2.45, 2.75) is 86.7 Å². The first-order valence-corrected chi connectivity index (χ1v) is 35.3. The van der Waals surface area contributed by atoms with Gasteiger partial charge in [0.05, 0.1) is 31.6 Å². The summed E-state index contributed by atoms with van der Waals surface area (Å²) in [5.41, 5.74) is 7.22. The first-order valence-electron chi connectivity index (χ1n) is 35.3. The van der Waals surface area contributed by atoms with E-state index < -0.39 is 0 Å². The van der Waals surface area contributed by atoms with Crippen LogP contribution >= 0.6 is 0 Å². The highest BCUT2D eigenvalue weighted by Crippen LogP contribution is 2.33. The summed E-state index contributed by atoms with van der Waals surface area (Å²) >= 11 is 0. The van der Waals surface area contributed by atoms with E-state index in [0.29, 0.717) is 95.7 Å². The van der Waals surface area contributed by atoms with Gasteiger partial charge in [0, 0.05) is 101 Å². The van der Waals surface area contributed by atoms with Gasteiger partial charge in [-0.15, -0.1) is 0 Å². The second kappa shape index (κ2) is 29.8. The number of para-hydroxylation sites is 3. The molecule has 0 radical (unpaired) electrons. The van der Waals surface area contributed by atoms with Crippen LogP contribution in [0.4, 0.5) is 34.5 Å². The van der Waals surface area contributed by atoms with Crippen LogP contribution in [0.15, 0.2) is 236 Å². The maximum absolute atomic E-state index is 13.4. The molecular formula is C79H82N22O6. The highest BCUT2D eigenvalue weighted by molar-refractivity contribution is 5.91. The first kappa shape index (κ1) is 70.8. The monoisotopic (exact) mass is 1430 g/mol. The smallest absolute Gasteiger partial charge is 0.332 e. The van der Waals surface area contributed by atoms with Gasteiger partial charge in [-0.2, -0.15) is 20.4 Å². The fourth-order valence-electron chi connectivity index (χ4n) is 12.9. The Morgan fingerprint density at radius 2 is 0.907 bits per heavy atom. The van der Waals surface area contributed by atoms with Gasteiger partial charge in [0.25, 0.3) is 16.7 Å². The molecule has 107 heavy (non-hydrogen) atoms. The first-order chi connectivity index (χ1) is 51.6. The van der Waals surface area contributed by atoms with Crippen molar-refractivity contribution >= 4 is 67.6 Å². The summed E-state index contributed by atoms with van der Waals surface area (Å²) in [5.74, 6) is 3.23. The lowest BCUT2D eigenvalue weighted by molar-refractivity contribution is 0.337. The zero-order valence-corrected chi connectivity index (χ0v) is 60.9. The fourth-order valence-corrected chi connectivity index (χ4v) is 12.9. The molecule has 28 nitrogen and oxygen atoms in total. The Labute approximate surface area is 613 Å². The van der Waals surface area contributed by atoms with Crippen molar-refractivity contribution < 1.29 is 0 Å². The predicted octanol–water partition coefficient (Wildman–Crippen LogP) is 10.3. The number of nitrogens with zero attached hydrogens (tertiary/aromatic N) is 19. The zero-order chi connectivity index (χ0) is 74.8. The number of anilines is 6. The largest absolute Gasteiger partial charge is 0.340 e. The van der Waals surface area contributed by atoms with Gasteiger partial charge in [0.15, 0.2) is 16.9 Å². The van der Waals surface area contributed by atoms with Crippen LogP contribution in [0.2, 0.25) is 0 Å². The third-order valence-corrected chi connectivity index (χ3v) is 18.5. The second-order valence-corrected chi connectivity index (χ2v) is 28.4. The van der Waals surface area contributed by atoms with Crippen molar-refractivity contribution in [3.63, 3.8) is 0 Å². The molecule has 9 heterocycles. The number of nitrogens with one attached hydrogen (secondary N) is 3. The number of benzene rings is 6. The molecular weight excluding hydrogens is 1350 g/mol. The molecule has 0 spiro atoms. The average Bonchev–Trinajstić information content (AvgIpc) is 1.63. The number of aryl methyl sites for hydroxylation is 1. The SMILES string of the molecule is CC(C)Cn1c(=O)n(C)c(=O)c2c(Nc3ccccc3)n(Cc3ccc(-n4ccnc4)cc3)nc21.Cn1c(=O)c2c(Nc3ccccc3)n(Cc3ccc(-n4cncn4)cc3)nc2n(CC2CC2)c1=O.Cn1ccnc1-c1ccc(Cn2nc3c(c2Nc2ccccc2)c(=O)n(C)c(=O)n3CC(C)(C)C)cc1. The maximum Gasteiger partial charge on any atom is 0.332 e. The Morgan fingerprint density at radius 3 is 1.31 bits per heavy atom. The normalized spacial score (nSPS) is 12.2. The molecule has 6 aromatic carbocycles. The van der Waals surface area contributed by atoms with E-state index in [1.165, 1.54) is 32.0 Å². The van der Waals surface area contributed by atoms with E-state index in [1.54, 1.807) is 57.5 Å². The molecule has 16 rings (SSSR count). The third kappa shape index (κ3) is 15.1. The minimum absolute atomic E-state index is 0.189. The van der Waals surface area contributed by atoms with Crippen LogP contribution in [0.3, 0.4) is 0 Å². The number of imidazole rings is 2. The quantitative estimate of drug-likeness (QED) is 0.0639. The van der Waals surface area contributed by atoms with E-state index in [2.05, 4.69) is 56.8 Å². The summed E-state index contributed by atoms with van der Waals surface area (Å²) < 4.78 is 19.3. The molecule has 1 saturated carbocycles. The summed E-state index contributed by atoms with van der Waals surface area (Å²) in [7, 11) is 6.52. The van der Waals surface area contributed by atoms with Gasteiger partial charge in [-0.3, -0.25) is 41.8 Å². The Morgan fingerprint density at radius 1 is 0.477 bits per heavy atom. The van der Waals surface area contributed by atoms with Gasteiger partial charge in [-0.05, 0) is 107 Å². The standard InChI is InChI=1S/C28H31N7O2.C26H27N7O2.C25H24N8O2/c1-28(2,3)18-34-25-22(26(36)33(5)27(34)37)24(30-21-9-7-6-8-10-21)35(31-25)17-19-11-13-20(14-12-19)23-29-15-16-32(23)4;1-18(2)15-32-24-22(25(34)30(3)26(32)35)23(28-20-7-5-4-6-8-20)33(29-24)16-19-9-11-21(12-10-19)31-14-13-27-17-31;1-30-24(34)21-22(28-19-5-3-2-4-6-19)32(29-23(21)31(25(30)35)13-17-7-8-17)14-18-9-11-20(12-10-18)33-16-26-15-27-33/h6-16,30H,17-18H2,1-5H3;4-14,17-18,28H,15-16H2,1-3H3;2-6,9-12,15-17,28H,7-8,13-14H2,1H3. The highest BCUT2D eigenvalue weighted by Gasteiger charge is 2.29. The number of hydrogen-bond donors (Lipinski definition) is 3. The van der Waals surface area contributed by atoms with E-state index in [4.69, 9.17) is 15.3 Å². The molecule has 1 aliphatic carbocycles. The Balaban J connectivity index is 0.000000135. The van der Waals surface area contributed by atoms with Gasteiger partial charge < -0.3 is 25.1 Å². The lowest BCUT2D eigenvalue weighted by Crippen LogP contribution is -2.40. The van der Waals surface area contributed by atoms with Gasteiger partial charge in [0.1, 0.15) is 52.1 Å².